The Morgan fingerprint density at radius 1 is 1.35 bits per heavy atom. The molecule has 0 aliphatic carbocycles. The van der Waals surface area contributed by atoms with Crippen LogP contribution >= 0.6 is 15.9 Å². The number of aryl methyl sites for hydroxylation is 1. The van der Waals surface area contributed by atoms with Crippen molar-refractivity contribution < 1.29 is 0 Å². The molecule has 0 aromatic carbocycles. The number of rotatable bonds is 2. The van der Waals surface area contributed by atoms with Gasteiger partial charge in [0.25, 0.3) is 0 Å². The van der Waals surface area contributed by atoms with Gasteiger partial charge in [-0.1, -0.05) is 0 Å². The molecule has 0 amide bonds. The molecule has 0 aliphatic heterocycles. The van der Waals surface area contributed by atoms with E-state index >= 15 is 0 Å². The van der Waals surface area contributed by atoms with Crippen LogP contribution in [0.2, 0.25) is 0 Å². The van der Waals surface area contributed by atoms with Crippen molar-refractivity contribution in [1.29, 1.82) is 0 Å². The Balaban J connectivity index is 2.43. The van der Waals surface area contributed by atoms with Crippen LogP contribution in [-0.4, -0.2) is 14.8 Å². The molecule has 2 N–H and O–H groups in total. The van der Waals surface area contributed by atoms with Crippen LogP contribution in [0, 0.1) is 13.8 Å². The minimum atomic E-state index is -0.0451. The number of pyridine rings is 1. The number of hydrogen-bond acceptors (Lipinski definition) is 3. The zero-order valence-corrected chi connectivity index (χ0v) is 11.7. The second-order valence-electron chi connectivity index (χ2n) is 4.13. The van der Waals surface area contributed by atoms with Crippen molar-refractivity contribution in [3.05, 3.63) is 39.9 Å². The first kappa shape index (κ1) is 12.3. The van der Waals surface area contributed by atoms with Crippen LogP contribution < -0.4 is 5.73 Å². The summed E-state index contributed by atoms with van der Waals surface area (Å²) in [6.45, 7) is 5.91. The fraction of sp³-hybridized carbons (Fsp3) is 0.333. The van der Waals surface area contributed by atoms with Gasteiger partial charge in [-0.05, 0) is 48.8 Å². The van der Waals surface area contributed by atoms with E-state index < -0.39 is 0 Å². The normalized spacial score (nSPS) is 12.8. The zero-order chi connectivity index (χ0) is 12.6. The minimum Gasteiger partial charge on any atom is -0.323 e. The van der Waals surface area contributed by atoms with E-state index in [9.17, 15) is 0 Å². The quantitative estimate of drug-likeness (QED) is 0.926. The van der Waals surface area contributed by atoms with Gasteiger partial charge >= 0.3 is 0 Å². The highest BCUT2D eigenvalue weighted by Gasteiger charge is 2.10. The lowest BCUT2D eigenvalue weighted by Gasteiger charge is -2.07. The van der Waals surface area contributed by atoms with Crippen molar-refractivity contribution in [3.8, 4) is 5.69 Å². The molecule has 5 heteroatoms. The Morgan fingerprint density at radius 2 is 2.06 bits per heavy atom. The van der Waals surface area contributed by atoms with E-state index in [1.54, 1.807) is 6.20 Å². The van der Waals surface area contributed by atoms with Crippen molar-refractivity contribution in [2.75, 3.05) is 0 Å². The summed E-state index contributed by atoms with van der Waals surface area (Å²) in [7, 11) is 0. The summed E-state index contributed by atoms with van der Waals surface area (Å²) in [5, 5.41) is 4.45. The molecule has 0 bridgehead atoms. The van der Waals surface area contributed by atoms with E-state index in [1.807, 2.05) is 37.6 Å². The molecule has 0 saturated heterocycles. The molecule has 0 radical (unpaired) electrons. The summed E-state index contributed by atoms with van der Waals surface area (Å²) in [6.07, 6.45) is 1.80. The SMILES string of the molecule is Cc1nn(-c2ccc(C(C)N)nc2)c(C)c1Br. The van der Waals surface area contributed by atoms with Crippen LogP contribution in [0.25, 0.3) is 5.69 Å². The summed E-state index contributed by atoms with van der Waals surface area (Å²) in [5.74, 6) is 0. The molecule has 2 aromatic heterocycles. The van der Waals surface area contributed by atoms with Crippen LogP contribution in [0.3, 0.4) is 0 Å². The molecular formula is C12H15BrN4. The summed E-state index contributed by atoms with van der Waals surface area (Å²) in [5.41, 5.74) is 9.64. The number of halogens is 1. The Kier molecular flexibility index (Phi) is 3.31. The topological polar surface area (TPSA) is 56.7 Å². The maximum Gasteiger partial charge on any atom is 0.0832 e. The van der Waals surface area contributed by atoms with E-state index in [1.165, 1.54) is 0 Å². The molecular weight excluding hydrogens is 280 g/mol. The van der Waals surface area contributed by atoms with Crippen molar-refractivity contribution in [3.63, 3.8) is 0 Å². The predicted molar refractivity (Wildman–Crippen MR) is 71.1 cm³/mol. The fourth-order valence-corrected chi connectivity index (χ4v) is 1.91. The second-order valence-corrected chi connectivity index (χ2v) is 4.92. The Labute approximate surface area is 109 Å². The predicted octanol–water partition coefficient (Wildman–Crippen LogP) is 2.67. The Hall–Kier alpha value is -1.20. The minimum absolute atomic E-state index is 0.0451. The lowest BCUT2D eigenvalue weighted by atomic mass is 10.2. The van der Waals surface area contributed by atoms with Crippen LogP contribution in [0.5, 0.6) is 0 Å². The van der Waals surface area contributed by atoms with Crippen LogP contribution in [-0.2, 0) is 0 Å². The van der Waals surface area contributed by atoms with E-state index in [2.05, 4.69) is 26.0 Å². The van der Waals surface area contributed by atoms with Gasteiger partial charge in [0.2, 0.25) is 0 Å². The van der Waals surface area contributed by atoms with E-state index in [0.717, 1.165) is 27.2 Å². The average molecular weight is 295 g/mol. The fourth-order valence-electron chi connectivity index (χ4n) is 1.67. The maximum atomic E-state index is 5.77. The lowest BCUT2D eigenvalue weighted by molar-refractivity contribution is 0.770. The number of nitrogens with zero attached hydrogens (tertiary/aromatic N) is 3. The van der Waals surface area contributed by atoms with E-state index in [0.29, 0.717) is 0 Å². The van der Waals surface area contributed by atoms with Gasteiger partial charge in [0.05, 0.1) is 33.4 Å². The largest absolute Gasteiger partial charge is 0.323 e. The molecule has 2 aromatic rings. The standard InChI is InChI=1S/C12H15BrN4/c1-7(14)11-5-4-10(6-15-11)17-9(3)12(13)8(2)16-17/h4-7H,14H2,1-3H3. The molecule has 1 unspecified atom stereocenters. The van der Waals surface area contributed by atoms with Crippen LogP contribution in [0.1, 0.15) is 30.0 Å². The van der Waals surface area contributed by atoms with Gasteiger partial charge in [-0.2, -0.15) is 5.10 Å². The lowest BCUT2D eigenvalue weighted by Crippen LogP contribution is -2.08. The van der Waals surface area contributed by atoms with Gasteiger partial charge in [-0.3, -0.25) is 4.98 Å². The Bertz CT molecular complexity index is 528. The summed E-state index contributed by atoms with van der Waals surface area (Å²) < 4.78 is 2.91. The van der Waals surface area contributed by atoms with E-state index in [-0.39, 0.29) is 6.04 Å². The summed E-state index contributed by atoms with van der Waals surface area (Å²) in [6, 6.07) is 3.87. The highest BCUT2D eigenvalue weighted by molar-refractivity contribution is 9.10. The molecule has 90 valence electrons. The number of nitrogens with two attached hydrogens (primary N) is 1. The summed E-state index contributed by atoms with van der Waals surface area (Å²) >= 11 is 3.51. The molecule has 17 heavy (non-hydrogen) atoms. The van der Waals surface area contributed by atoms with Crippen molar-refractivity contribution in [1.82, 2.24) is 14.8 Å². The zero-order valence-electron chi connectivity index (χ0n) is 10.1. The first-order valence-corrected chi connectivity index (χ1v) is 6.23. The third-order valence-corrected chi connectivity index (χ3v) is 3.83. The number of hydrogen-bond donors (Lipinski definition) is 1. The molecule has 2 rings (SSSR count). The van der Waals surface area contributed by atoms with Gasteiger partial charge in [0, 0.05) is 6.04 Å². The molecule has 2 heterocycles. The van der Waals surface area contributed by atoms with Gasteiger partial charge < -0.3 is 5.73 Å². The monoisotopic (exact) mass is 294 g/mol. The first-order valence-electron chi connectivity index (χ1n) is 5.44. The summed E-state index contributed by atoms with van der Waals surface area (Å²) in [4.78, 5) is 4.33. The molecule has 0 saturated carbocycles. The molecule has 4 nitrogen and oxygen atoms in total. The second kappa shape index (κ2) is 4.58. The maximum absolute atomic E-state index is 5.77. The first-order chi connectivity index (χ1) is 8.00. The highest BCUT2D eigenvalue weighted by atomic mass is 79.9. The molecule has 0 fully saturated rings. The molecule has 0 aliphatic rings. The average Bonchev–Trinajstić information content (AvgIpc) is 2.57. The van der Waals surface area contributed by atoms with Crippen molar-refractivity contribution in [2.45, 2.75) is 26.8 Å². The molecule has 0 spiro atoms. The van der Waals surface area contributed by atoms with Crippen LogP contribution in [0.4, 0.5) is 0 Å². The van der Waals surface area contributed by atoms with Gasteiger partial charge in [0.15, 0.2) is 0 Å². The van der Waals surface area contributed by atoms with Gasteiger partial charge in [0.1, 0.15) is 0 Å². The Morgan fingerprint density at radius 3 is 2.47 bits per heavy atom. The molecule has 1 atom stereocenters. The smallest absolute Gasteiger partial charge is 0.0832 e. The number of aromatic nitrogens is 3. The van der Waals surface area contributed by atoms with Crippen molar-refractivity contribution >= 4 is 15.9 Å². The van der Waals surface area contributed by atoms with Gasteiger partial charge in [-0.25, -0.2) is 4.68 Å². The van der Waals surface area contributed by atoms with Crippen LogP contribution in [0.15, 0.2) is 22.8 Å². The third-order valence-electron chi connectivity index (χ3n) is 2.68. The van der Waals surface area contributed by atoms with E-state index in [4.69, 9.17) is 5.73 Å². The third kappa shape index (κ3) is 2.25. The highest BCUT2D eigenvalue weighted by Crippen LogP contribution is 2.22. The van der Waals surface area contributed by atoms with Gasteiger partial charge in [-0.15, -0.1) is 0 Å². The van der Waals surface area contributed by atoms with Crippen molar-refractivity contribution in [2.24, 2.45) is 5.73 Å².